The molecule has 0 spiro atoms. The van der Waals surface area contributed by atoms with Gasteiger partial charge in [-0.3, -0.25) is 4.79 Å². The molecule has 5 nitrogen and oxygen atoms in total. The van der Waals surface area contributed by atoms with E-state index < -0.39 is 6.10 Å². The number of nitrogens with one attached hydrogen (secondary N) is 2. The van der Waals surface area contributed by atoms with E-state index >= 15 is 0 Å². The second-order valence-electron chi connectivity index (χ2n) is 4.41. The van der Waals surface area contributed by atoms with Crippen molar-refractivity contribution in [3.63, 3.8) is 0 Å². The van der Waals surface area contributed by atoms with Crippen molar-refractivity contribution >= 4 is 11.7 Å². The number of nitrogens with zero attached hydrogens (tertiary/aromatic N) is 1. The Balaban J connectivity index is 1.96. The second-order valence-corrected chi connectivity index (χ2v) is 4.41. The standard InChI is InChI=1S/C12H17N3O2/c1-8(16)7-14-12(17)9-4-5-13-11(6-9)15-10-2-3-10/h4-6,8,10,16H,2-3,7H2,1H3,(H,13,15)(H,14,17). The molecule has 92 valence electrons. The van der Waals surface area contributed by atoms with E-state index in [1.807, 2.05) is 0 Å². The van der Waals surface area contributed by atoms with Crippen LogP contribution in [0.25, 0.3) is 0 Å². The number of pyridine rings is 1. The summed E-state index contributed by atoms with van der Waals surface area (Å²) in [6.07, 6.45) is 3.41. The molecule has 0 aromatic carbocycles. The summed E-state index contributed by atoms with van der Waals surface area (Å²) in [6.45, 7) is 1.89. The first kappa shape index (κ1) is 11.9. The molecule has 1 saturated carbocycles. The van der Waals surface area contributed by atoms with E-state index in [-0.39, 0.29) is 12.5 Å². The number of hydrogen-bond donors (Lipinski definition) is 3. The summed E-state index contributed by atoms with van der Waals surface area (Å²) in [7, 11) is 0. The highest BCUT2D eigenvalue weighted by atomic mass is 16.3. The second kappa shape index (κ2) is 5.14. The molecule has 1 aromatic rings. The molecule has 17 heavy (non-hydrogen) atoms. The van der Waals surface area contributed by atoms with Crippen LogP contribution in [-0.2, 0) is 0 Å². The van der Waals surface area contributed by atoms with Crippen molar-refractivity contribution in [1.82, 2.24) is 10.3 Å². The van der Waals surface area contributed by atoms with Crippen LogP contribution in [0.2, 0.25) is 0 Å². The van der Waals surface area contributed by atoms with Crippen molar-refractivity contribution in [3.05, 3.63) is 23.9 Å². The molecular weight excluding hydrogens is 218 g/mol. The van der Waals surface area contributed by atoms with Crippen LogP contribution in [0.5, 0.6) is 0 Å². The molecule has 1 aliphatic rings. The molecule has 0 aliphatic heterocycles. The van der Waals surface area contributed by atoms with Crippen molar-refractivity contribution in [2.75, 3.05) is 11.9 Å². The molecule has 5 heteroatoms. The Morgan fingerprint density at radius 3 is 3.06 bits per heavy atom. The lowest BCUT2D eigenvalue weighted by Crippen LogP contribution is -2.30. The van der Waals surface area contributed by atoms with E-state index in [1.54, 1.807) is 25.3 Å². The van der Waals surface area contributed by atoms with Crippen molar-refractivity contribution in [1.29, 1.82) is 0 Å². The van der Waals surface area contributed by atoms with Gasteiger partial charge in [-0.05, 0) is 31.9 Å². The lowest BCUT2D eigenvalue weighted by atomic mass is 10.2. The molecular formula is C12H17N3O2. The zero-order valence-corrected chi connectivity index (χ0v) is 9.81. The first-order valence-corrected chi connectivity index (χ1v) is 5.84. The highest BCUT2D eigenvalue weighted by Crippen LogP contribution is 2.23. The van der Waals surface area contributed by atoms with Gasteiger partial charge in [-0.2, -0.15) is 0 Å². The van der Waals surface area contributed by atoms with Crippen LogP contribution in [0.4, 0.5) is 5.82 Å². The normalized spacial score (nSPS) is 16.4. The predicted octanol–water partition coefficient (Wildman–Crippen LogP) is 0.767. The van der Waals surface area contributed by atoms with Gasteiger partial charge in [0.25, 0.3) is 5.91 Å². The molecule has 1 fully saturated rings. The van der Waals surface area contributed by atoms with Gasteiger partial charge in [0.2, 0.25) is 0 Å². The molecule has 1 heterocycles. The summed E-state index contributed by atoms with van der Waals surface area (Å²) in [5, 5.41) is 15.0. The van der Waals surface area contributed by atoms with Gasteiger partial charge >= 0.3 is 0 Å². The van der Waals surface area contributed by atoms with Gasteiger partial charge in [-0.15, -0.1) is 0 Å². The number of aliphatic hydroxyl groups excluding tert-OH is 1. The van der Waals surface area contributed by atoms with Crippen LogP contribution in [0.3, 0.4) is 0 Å². The maximum atomic E-state index is 11.7. The molecule has 1 unspecified atom stereocenters. The van der Waals surface area contributed by atoms with Crippen molar-refractivity contribution in [2.24, 2.45) is 0 Å². The van der Waals surface area contributed by atoms with Gasteiger partial charge in [0, 0.05) is 24.3 Å². The van der Waals surface area contributed by atoms with Gasteiger partial charge in [-0.25, -0.2) is 4.98 Å². The van der Waals surface area contributed by atoms with Gasteiger partial charge in [-0.1, -0.05) is 0 Å². The van der Waals surface area contributed by atoms with Crippen LogP contribution in [0.1, 0.15) is 30.1 Å². The van der Waals surface area contributed by atoms with E-state index in [0.717, 1.165) is 5.82 Å². The molecule has 2 rings (SSSR count). The lowest BCUT2D eigenvalue weighted by molar-refractivity contribution is 0.0924. The van der Waals surface area contributed by atoms with E-state index in [1.165, 1.54) is 12.8 Å². The summed E-state index contributed by atoms with van der Waals surface area (Å²) >= 11 is 0. The van der Waals surface area contributed by atoms with Gasteiger partial charge in [0.05, 0.1) is 6.10 Å². The molecule has 1 aromatic heterocycles. The predicted molar refractivity (Wildman–Crippen MR) is 64.9 cm³/mol. The fourth-order valence-corrected chi connectivity index (χ4v) is 1.43. The SMILES string of the molecule is CC(O)CNC(=O)c1ccnc(NC2CC2)c1. The highest BCUT2D eigenvalue weighted by Gasteiger charge is 2.21. The molecule has 1 aliphatic carbocycles. The number of carbonyl (C=O) groups excluding carboxylic acids is 1. The zero-order valence-electron chi connectivity index (χ0n) is 9.81. The topological polar surface area (TPSA) is 74.2 Å². The fourth-order valence-electron chi connectivity index (χ4n) is 1.43. The average molecular weight is 235 g/mol. The number of amides is 1. The quantitative estimate of drug-likeness (QED) is 0.704. The van der Waals surface area contributed by atoms with E-state index in [2.05, 4.69) is 15.6 Å². The van der Waals surface area contributed by atoms with Gasteiger partial charge < -0.3 is 15.7 Å². The maximum absolute atomic E-state index is 11.7. The van der Waals surface area contributed by atoms with Crippen LogP contribution < -0.4 is 10.6 Å². The van der Waals surface area contributed by atoms with Crippen LogP contribution in [0.15, 0.2) is 18.3 Å². The molecule has 1 amide bonds. The minimum Gasteiger partial charge on any atom is -0.392 e. The van der Waals surface area contributed by atoms with Crippen LogP contribution in [0, 0.1) is 0 Å². The van der Waals surface area contributed by atoms with E-state index in [9.17, 15) is 4.79 Å². The lowest BCUT2D eigenvalue weighted by Gasteiger charge is -2.08. The Bertz CT molecular complexity index is 402. The van der Waals surface area contributed by atoms with Gasteiger partial charge in [0.1, 0.15) is 5.82 Å². The average Bonchev–Trinajstić information content (AvgIpc) is 3.10. The number of aromatic nitrogens is 1. The zero-order chi connectivity index (χ0) is 12.3. The summed E-state index contributed by atoms with van der Waals surface area (Å²) in [4.78, 5) is 15.9. The third-order valence-corrected chi connectivity index (χ3v) is 2.51. The summed E-state index contributed by atoms with van der Waals surface area (Å²) in [6, 6.07) is 3.91. The van der Waals surface area contributed by atoms with Gasteiger partial charge in [0.15, 0.2) is 0 Å². The first-order valence-electron chi connectivity index (χ1n) is 5.84. The summed E-state index contributed by atoms with van der Waals surface area (Å²) in [5.41, 5.74) is 0.559. The third kappa shape index (κ3) is 3.71. The minimum absolute atomic E-state index is 0.188. The molecule has 0 saturated heterocycles. The third-order valence-electron chi connectivity index (χ3n) is 2.51. The number of rotatable bonds is 5. The number of anilines is 1. The Hall–Kier alpha value is -1.62. The maximum Gasteiger partial charge on any atom is 0.251 e. The Morgan fingerprint density at radius 1 is 1.65 bits per heavy atom. The smallest absolute Gasteiger partial charge is 0.251 e. The Morgan fingerprint density at radius 2 is 2.41 bits per heavy atom. The Labute approximate surface area is 100 Å². The fraction of sp³-hybridized carbons (Fsp3) is 0.500. The van der Waals surface area contributed by atoms with Crippen molar-refractivity contribution in [3.8, 4) is 0 Å². The minimum atomic E-state index is -0.537. The summed E-state index contributed by atoms with van der Waals surface area (Å²) in [5.74, 6) is 0.546. The molecule has 0 bridgehead atoms. The first-order chi connectivity index (χ1) is 8.15. The Kier molecular flexibility index (Phi) is 3.58. The van der Waals surface area contributed by atoms with Crippen molar-refractivity contribution in [2.45, 2.75) is 31.9 Å². The van der Waals surface area contributed by atoms with Crippen molar-refractivity contribution < 1.29 is 9.90 Å². The van der Waals surface area contributed by atoms with E-state index in [4.69, 9.17) is 5.11 Å². The molecule has 0 radical (unpaired) electrons. The number of hydrogen-bond acceptors (Lipinski definition) is 4. The molecule has 3 N–H and O–H groups in total. The van der Waals surface area contributed by atoms with Crippen LogP contribution >= 0.6 is 0 Å². The van der Waals surface area contributed by atoms with E-state index in [0.29, 0.717) is 11.6 Å². The number of carbonyl (C=O) groups is 1. The number of aliphatic hydroxyl groups is 1. The highest BCUT2D eigenvalue weighted by molar-refractivity contribution is 5.94. The molecule has 1 atom stereocenters. The summed E-state index contributed by atoms with van der Waals surface area (Å²) < 4.78 is 0. The largest absolute Gasteiger partial charge is 0.392 e. The monoisotopic (exact) mass is 235 g/mol. The van der Waals surface area contributed by atoms with Crippen LogP contribution in [-0.4, -0.2) is 34.7 Å².